The van der Waals surface area contributed by atoms with E-state index in [2.05, 4.69) is 17.0 Å². The number of hydrogen-bond acceptors (Lipinski definition) is 4. The van der Waals surface area contributed by atoms with Crippen LogP contribution >= 0.6 is 0 Å². The number of hydrogen-bond donors (Lipinski definition) is 2. The zero-order chi connectivity index (χ0) is 20.9. The second kappa shape index (κ2) is 9.27. The van der Waals surface area contributed by atoms with E-state index in [0.29, 0.717) is 11.5 Å². The van der Waals surface area contributed by atoms with E-state index in [9.17, 15) is 13.2 Å². The maximum absolute atomic E-state index is 12.8. The highest BCUT2D eigenvalue weighted by atomic mass is 32.2. The number of carbonyl (C=O) groups excluding carboxylic acids is 1. The van der Waals surface area contributed by atoms with E-state index in [0.717, 1.165) is 32.1 Å². The lowest BCUT2D eigenvalue weighted by molar-refractivity contribution is 0.0926. The summed E-state index contributed by atoms with van der Waals surface area (Å²) in [7, 11) is -2.40. The van der Waals surface area contributed by atoms with Gasteiger partial charge in [-0.25, -0.2) is 13.1 Å². The molecule has 1 aliphatic rings. The molecule has 6 nitrogen and oxygen atoms in total. The van der Waals surface area contributed by atoms with Crippen LogP contribution in [0.1, 0.15) is 76.6 Å². The third kappa shape index (κ3) is 5.95. The molecule has 0 saturated heterocycles. The van der Waals surface area contributed by atoms with Gasteiger partial charge in [-0.1, -0.05) is 26.2 Å². The Kier molecular flexibility index (Phi) is 7.51. The maximum atomic E-state index is 12.8. The molecule has 1 aliphatic carbocycles. The highest BCUT2D eigenvalue weighted by molar-refractivity contribution is 7.89. The van der Waals surface area contributed by atoms with Crippen molar-refractivity contribution in [2.24, 2.45) is 5.92 Å². The van der Waals surface area contributed by atoms with E-state index >= 15 is 0 Å². The van der Waals surface area contributed by atoms with Crippen LogP contribution in [-0.2, 0) is 10.0 Å². The molecule has 0 aromatic heterocycles. The van der Waals surface area contributed by atoms with E-state index in [4.69, 9.17) is 4.74 Å². The normalized spacial score (nSPS) is 20.2. The van der Waals surface area contributed by atoms with Crippen LogP contribution in [0.5, 0.6) is 5.75 Å². The lowest BCUT2D eigenvalue weighted by Gasteiger charge is -2.22. The number of rotatable bonds is 8. The smallest absolute Gasteiger partial charge is 0.251 e. The van der Waals surface area contributed by atoms with Gasteiger partial charge >= 0.3 is 0 Å². The van der Waals surface area contributed by atoms with Gasteiger partial charge in [0.1, 0.15) is 10.6 Å². The minimum absolute atomic E-state index is 0.0217. The van der Waals surface area contributed by atoms with Crippen molar-refractivity contribution < 1.29 is 17.9 Å². The largest absolute Gasteiger partial charge is 0.495 e. The highest BCUT2D eigenvalue weighted by Gasteiger charge is 2.30. The fraction of sp³-hybridized carbons (Fsp3) is 0.667. The first-order valence-electron chi connectivity index (χ1n) is 10.1. The molecule has 0 spiro atoms. The summed E-state index contributed by atoms with van der Waals surface area (Å²) in [6, 6.07) is 4.71. The van der Waals surface area contributed by atoms with Crippen molar-refractivity contribution in [3.05, 3.63) is 23.8 Å². The monoisotopic (exact) mass is 410 g/mol. The molecule has 1 amide bonds. The van der Waals surface area contributed by atoms with Crippen molar-refractivity contribution in [3.8, 4) is 5.75 Å². The van der Waals surface area contributed by atoms with E-state index < -0.39 is 15.6 Å². The maximum Gasteiger partial charge on any atom is 0.251 e. The summed E-state index contributed by atoms with van der Waals surface area (Å²) in [5.41, 5.74) is -0.311. The van der Waals surface area contributed by atoms with Crippen LogP contribution in [0.3, 0.4) is 0 Å². The van der Waals surface area contributed by atoms with Crippen molar-refractivity contribution in [1.29, 1.82) is 0 Å². The van der Waals surface area contributed by atoms with E-state index in [-0.39, 0.29) is 22.6 Å². The number of amides is 1. The Labute approximate surface area is 169 Å². The summed E-state index contributed by atoms with van der Waals surface area (Å²) in [5, 5.41) is 3.12. The van der Waals surface area contributed by atoms with Gasteiger partial charge < -0.3 is 10.1 Å². The Bertz CT molecular complexity index is 784. The molecule has 2 N–H and O–H groups in total. The first kappa shape index (κ1) is 22.7. The molecule has 7 heteroatoms. The molecule has 1 aromatic rings. The number of sulfonamides is 1. The van der Waals surface area contributed by atoms with Gasteiger partial charge in [0.2, 0.25) is 10.0 Å². The molecule has 0 radical (unpaired) electrons. The fourth-order valence-electron chi connectivity index (χ4n) is 3.78. The van der Waals surface area contributed by atoms with E-state index in [1.54, 1.807) is 26.8 Å². The average molecular weight is 411 g/mol. The average Bonchev–Trinajstić information content (AvgIpc) is 3.04. The van der Waals surface area contributed by atoms with Gasteiger partial charge in [-0.15, -0.1) is 0 Å². The van der Waals surface area contributed by atoms with Crippen LogP contribution in [0.15, 0.2) is 23.1 Å². The molecule has 1 saturated carbocycles. The summed E-state index contributed by atoms with van der Waals surface area (Å²) in [4.78, 5) is 12.8. The number of benzene rings is 1. The highest BCUT2D eigenvalue weighted by Crippen LogP contribution is 2.31. The summed E-state index contributed by atoms with van der Waals surface area (Å²) >= 11 is 0. The molecule has 0 bridgehead atoms. The van der Waals surface area contributed by atoms with Crippen LogP contribution in [0.4, 0.5) is 0 Å². The van der Waals surface area contributed by atoms with Gasteiger partial charge in [-0.2, -0.15) is 0 Å². The first-order chi connectivity index (χ1) is 13.1. The zero-order valence-corrected chi connectivity index (χ0v) is 18.5. The first-order valence-corrected chi connectivity index (χ1v) is 11.6. The van der Waals surface area contributed by atoms with Crippen molar-refractivity contribution in [2.45, 2.75) is 82.7 Å². The molecule has 158 valence electrons. The van der Waals surface area contributed by atoms with Crippen LogP contribution in [0.2, 0.25) is 0 Å². The number of carbonyl (C=O) groups is 1. The van der Waals surface area contributed by atoms with E-state index in [1.165, 1.54) is 25.7 Å². The lowest BCUT2D eigenvalue weighted by Crippen LogP contribution is -2.41. The predicted octanol–water partition coefficient (Wildman–Crippen LogP) is 3.86. The molecule has 2 atom stereocenters. The van der Waals surface area contributed by atoms with Crippen molar-refractivity contribution in [1.82, 2.24) is 10.0 Å². The standard InChI is InChI=1S/C21H34N2O4S/c1-6-7-9-15-10-8-11-17(15)22-20(24)16-12-13-18(27-5)19(14-16)28(25,26)23-21(2,3)4/h12-15,17,23H,6-11H2,1-5H3,(H,22,24). The van der Waals surface area contributed by atoms with Crippen molar-refractivity contribution in [3.63, 3.8) is 0 Å². The summed E-state index contributed by atoms with van der Waals surface area (Å²) in [6.07, 6.45) is 6.68. The van der Waals surface area contributed by atoms with Crippen molar-refractivity contribution in [2.75, 3.05) is 7.11 Å². The van der Waals surface area contributed by atoms with Gasteiger partial charge in [0.15, 0.2) is 0 Å². The quantitative estimate of drug-likeness (QED) is 0.681. The molecular formula is C21H34N2O4S. The second-order valence-electron chi connectivity index (χ2n) is 8.63. The van der Waals surface area contributed by atoms with Crippen LogP contribution < -0.4 is 14.8 Å². The van der Waals surface area contributed by atoms with E-state index in [1.807, 2.05) is 0 Å². The molecule has 2 unspecified atom stereocenters. The third-order valence-corrected chi connectivity index (χ3v) is 6.84. The summed E-state index contributed by atoms with van der Waals surface area (Å²) < 4.78 is 33.4. The summed E-state index contributed by atoms with van der Waals surface area (Å²) in [6.45, 7) is 7.48. The molecule has 0 heterocycles. The summed E-state index contributed by atoms with van der Waals surface area (Å²) in [5.74, 6) is 0.492. The van der Waals surface area contributed by atoms with Gasteiger partial charge in [-0.05, 0) is 64.2 Å². The van der Waals surface area contributed by atoms with Gasteiger partial charge in [0.05, 0.1) is 7.11 Å². The Morgan fingerprint density at radius 2 is 1.96 bits per heavy atom. The molecule has 1 fully saturated rings. The topological polar surface area (TPSA) is 84.5 Å². The number of methoxy groups -OCH3 is 1. The number of unbranched alkanes of at least 4 members (excludes halogenated alkanes) is 1. The lowest BCUT2D eigenvalue weighted by atomic mass is 9.96. The SMILES string of the molecule is CCCCC1CCCC1NC(=O)c1ccc(OC)c(S(=O)(=O)NC(C)(C)C)c1. The van der Waals surface area contributed by atoms with Crippen molar-refractivity contribution >= 4 is 15.9 Å². The Balaban J connectivity index is 2.23. The second-order valence-corrected chi connectivity index (χ2v) is 10.3. The van der Waals surface area contributed by atoms with Gasteiger partial charge in [-0.3, -0.25) is 4.79 Å². The third-order valence-electron chi connectivity index (χ3n) is 5.06. The van der Waals surface area contributed by atoms with Crippen LogP contribution in [0.25, 0.3) is 0 Å². The zero-order valence-electron chi connectivity index (χ0n) is 17.7. The molecular weight excluding hydrogens is 376 g/mol. The minimum Gasteiger partial charge on any atom is -0.495 e. The number of nitrogens with one attached hydrogen (secondary N) is 2. The molecule has 28 heavy (non-hydrogen) atoms. The predicted molar refractivity (Wildman–Crippen MR) is 111 cm³/mol. The van der Waals surface area contributed by atoms with Gasteiger partial charge in [0, 0.05) is 17.1 Å². The van der Waals surface area contributed by atoms with Crippen LogP contribution in [-0.4, -0.2) is 33.0 Å². The molecule has 2 rings (SSSR count). The molecule has 0 aliphatic heterocycles. The van der Waals surface area contributed by atoms with Gasteiger partial charge in [0.25, 0.3) is 5.91 Å². The van der Waals surface area contributed by atoms with Crippen LogP contribution in [0, 0.1) is 5.92 Å². The minimum atomic E-state index is -3.82. The Morgan fingerprint density at radius 3 is 2.57 bits per heavy atom. The molecule has 1 aromatic carbocycles. The Morgan fingerprint density at radius 1 is 1.25 bits per heavy atom. The Hall–Kier alpha value is -1.60. The number of ether oxygens (including phenoxy) is 1. The fourth-order valence-corrected chi connectivity index (χ4v) is 5.39.